The van der Waals surface area contributed by atoms with Crippen LogP contribution >= 0.6 is 34.8 Å². The summed E-state index contributed by atoms with van der Waals surface area (Å²) in [5, 5.41) is 17.7. The van der Waals surface area contributed by atoms with Gasteiger partial charge in [0.25, 0.3) is 5.91 Å². The maximum absolute atomic E-state index is 12.6. The van der Waals surface area contributed by atoms with Gasteiger partial charge in [0.15, 0.2) is 5.11 Å². The predicted octanol–water partition coefficient (Wildman–Crippen LogP) is 5.61. The van der Waals surface area contributed by atoms with Crippen molar-refractivity contribution in [1.82, 2.24) is 20.3 Å². The van der Waals surface area contributed by atoms with Crippen LogP contribution < -0.4 is 10.6 Å². The van der Waals surface area contributed by atoms with Crippen LogP contribution in [0.2, 0.25) is 0 Å². The molecule has 1 amide bonds. The topological polar surface area (TPSA) is 71.8 Å². The third-order valence-corrected chi connectivity index (χ3v) is 6.45. The maximum Gasteiger partial charge on any atom is 0.258 e. The van der Waals surface area contributed by atoms with Crippen LogP contribution in [0.3, 0.4) is 0 Å². The third kappa shape index (κ3) is 4.31. The number of hydrogen-bond donors (Lipinski definition) is 2. The van der Waals surface area contributed by atoms with E-state index >= 15 is 0 Å². The Bertz CT molecular complexity index is 1540. The molecule has 162 valence electrons. The van der Waals surface area contributed by atoms with Crippen molar-refractivity contribution < 1.29 is 4.79 Å². The summed E-state index contributed by atoms with van der Waals surface area (Å²) in [7, 11) is 0. The van der Waals surface area contributed by atoms with Crippen molar-refractivity contribution in [2.45, 2.75) is 6.92 Å². The largest absolute Gasteiger partial charge is 0.332 e. The van der Waals surface area contributed by atoms with Gasteiger partial charge in [0.1, 0.15) is 11.0 Å². The number of fused-ring (bicyclic) bond motifs is 2. The number of aromatic nitrogens is 3. The van der Waals surface area contributed by atoms with Gasteiger partial charge in [-0.3, -0.25) is 10.1 Å². The first kappa shape index (κ1) is 21.5. The Hall–Kier alpha value is -3.37. The van der Waals surface area contributed by atoms with Crippen LogP contribution in [0.5, 0.6) is 0 Å². The van der Waals surface area contributed by atoms with Crippen molar-refractivity contribution in [3.63, 3.8) is 0 Å². The minimum absolute atomic E-state index is 0.226. The molecule has 1 aromatic heterocycles. The first-order valence-electron chi connectivity index (χ1n) is 10.2. The van der Waals surface area contributed by atoms with Gasteiger partial charge in [-0.05, 0) is 83.0 Å². The molecule has 5 aromatic rings. The number of anilines is 1. The predicted molar refractivity (Wildman–Crippen MR) is 144 cm³/mol. The number of nitrogens with zero attached hydrogens (tertiary/aromatic N) is 3. The van der Waals surface area contributed by atoms with Gasteiger partial charge in [0, 0.05) is 14.6 Å². The van der Waals surface area contributed by atoms with Gasteiger partial charge in [-0.1, -0.05) is 48.5 Å². The number of carbonyl (C=O) groups is 1. The number of halogens is 1. The van der Waals surface area contributed by atoms with Gasteiger partial charge in [0.2, 0.25) is 0 Å². The number of thiocarbonyl (C=S) groups is 1. The zero-order valence-electron chi connectivity index (χ0n) is 17.5. The molecule has 0 fully saturated rings. The number of hydrogen-bond acceptors (Lipinski definition) is 4. The summed E-state index contributed by atoms with van der Waals surface area (Å²) >= 11 is 7.52. The van der Waals surface area contributed by atoms with Crippen LogP contribution in [0.25, 0.3) is 27.5 Å². The first-order chi connectivity index (χ1) is 16.0. The number of nitrogens with one attached hydrogen (secondary N) is 2. The molecule has 0 aliphatic heterocycles. The minimum atomic E-state index is -0.252. The lowest BCUT2D eigenvalue weighted by Crippen LogP contribution is -2.34. The van der Waals surface area contributed by atoms with E-state index in [1.807, 2.05) is 61.5 Å². The Morgan fingerprint density at radius 2 is 1.64 bits per heavy atom. The van der Waals surface area contributed by atoms with E-state index in [0.29, 0.717) is 5.56 Å². The van der Waals surface area contributed by atoms with E-state index in [1.165, 1.54) is 0 Å². The Morgan fingerprint density at radius 3 is 2.45 bits per heavy atom. The van der Waals surface area contributed by atoms with Crippen molar-refractivity contribution in [3.05, 3.63) is 93.6 Å². The number of carbonyl (C=O) groups excluding carboxylic acids is 1. The smallest absolute Gasteiger partial charge is 0.258 e. The summed E-state index contributed by atoms with van der Waals surface area (Å²) in [6.45, 7) is 1.96. The fourth-order valence-electron chi connectivity index (χ4n) is 3.66. The average molecular weight is 563 g/mol. The van der Waals surface area contributed by atoms with Gasteiger partial charge in [-0.25, -0.2) is 0 Å². The highest BCUT2D eigenvalue weighted by Gasteiger charge is 2.14. The molecule has 0 saturated carbocycles. The van der Waals surface area contributed by atoms with Gasteiger partial charge < -0.3 is 5.32 Å². The molecule has 2 N–H and O–H groups in total. The number of rotatable bonds is 3. The second kappa shape index (κ2) is 8.87. The van der Waals surface area contributed by atoms with E-state index in [1.54, 1.807) is 10.9 Å². The third-order valence-electron chi connectivity index (χ3n) is 5.30. The van der Waals surface area contributed by atoms with Gasteiger partial charge in [-0.15, -0.1) is 15.0 Å². The molecule has 5 rings (SSSR count). The summed E-state index contributed by atoms with van der Waals surface area (Å²) in [6, 6.07) is 25.4. The van der Waals surface area contributed by atoms with Crippen LogP contribution in [0.4, 0.5) is 5.69 Å². The molecule has 33 heavy (non-hydrogen) atoms. The van der Waals surface area contributed by atoms with E-state index in [2.05, 4.69) is 56.5 Å². The molecule has 0 aliphatic rings. The Balaban J connectivity index is 1.42. The van der Waals surface area contributed by atoms with Gasteiger partial charge in [-0.2, -0.15) is 0 Å². The fraction of sp³-hybridized carbons (Fsp3) is 0.0400. The number of amides is 1. The Morgan fingerprint density at radius 1 is 0.939 bits per heavy atom. The first-order valence-corrected chi connectivity index (χ1v) is 11.7. The number of benzene rings is 4. The normalized spacial score (nSPS) is 11.0. The highest BCUT2D eigenvalue weighted by Crippen LogP contribution is 2.25. The molecule has 0 spiro atoms. The number of aryl methyl sites for hydroxylation is 1. The standard InChI is InChI=1S/C25H18IN5OS/c1-15-13-21-22(30-31(29-21)23-12-6-8-16-7-2-3-9-17(16)23)14-20(15)27-25(33)28-24(32)18-10-4-5-11-19(18)26/h2-14H,1H3,(H2,27,28,32,33). The van der Waals surface area contributed by atoms with E-state index in [-0.39, 0.29) is 11.0 Å². The fourth-order valence-corrected chi connectivity index (χ4v) is 4.50. The minimum Gasteiger partial charge on any atom is -0.332 e. The summed E-state index contributed by atoms with van der Waals surface area (Å²) in [4.78, 5) is 14.2. The van der Waals surface area contributed by atoms with E-state index < -0.39 is 0 Å². The molecule has 0 atom stereocenters. The lowest BCUT2D eigenvalue weighted by Gasteiger charge is -2.12. The van der Waals surface area contributed by atoms with E-state index in [9.17, 15) is 4.79 Å². The maximum atomic E-state index is 12.6. The molecule has 8 heteroatoms. The van der Waals surface area contributed by atoms with Crippen molar-refractivity contribution in [3.8, 4) is 5.69 Å². The zero-order valence-corrected chi connectivity index (χ0v) is 20.5. The van der Waals surface area contributed by atoms with Crippen LogP contribution in [0, 0.1) is 10.5 Å². The highest BCUT2D eigenvalue weighted by molar-refractivity contribution is 14.1. The summed E-state index contributed by atoms with van der Waals surface area (Å²) in [5.74, 6) is -0.252. The quantitative estimate of drug-likeness (QED) is 0.221. The van der Waals surface area contributed by atoms with Crippen molar-refractivity contribution in [2.24, 2.45) is 0 Å². The second-order valence-corrected chi connectivity index (χ2v) is 9.10. The molecule has 0 bridgehead atoms. The highest BCUT2D eigenvalue weighted by atomic mass is 127. The molecular weight excluding hydrogens is 545 g/mol. The Labute approximate surface area is 209 Å². The van der Waals surface area contributed by atoms with Crippen LogP contribution in [-0.4, -0.2) is 26.0 Å². The zero-order chi connectivity index (χ0) is 22.9. The van der Waals surface area contributed by atoms with Gasteiger partial charge >= 0.3 is 0 Å². The summed E-state index contributed by atoms with van der Waals surface area (Å²) in [6.07, 6.45) is 0. The SMILES string of the molecule is Cc1cc2nn(-c3cccc4ccccc34)nc2cc1NC(=S)NC(=O)c1ccccc1I. The Kier molecular flexibility index (Phi) is 5.77. The monoisotopic (exact) mass is 563 g/mol. The van der Waals surface area contributed by atoms with Crippen molar-refractivity contribution in [1.29, 1.82) is 0 Å². The molecule has 0 aliphatic carbocycles. The molecule has 1 heterocycles. The molecule has 0 saturated heterocycles. The van der Waals surface area contributed by atoms with Crippen LogP contribution in [0.15, 0.2) is 78.9 Å². The molecule has 4 aromatic carbocycles. The van der Waals surface area contributed by atoms with E-state index in [4.69, 9.17) is 17.3 Å². The molecule has 6 nitrogen and oxygen atoms in total. The van der Waals surface area contributed by atoms with Crippen molar-refractivity contribution >= 4 is 73.3 Å². The van der Waals surface area contributed by atoms with Crippen molar-refractivity contribution in [2.75, 3.05) is 5.32 Å². The van der Waals surface area contributed by atoms with Crippen LogP contribution in [0.1, 0.15) is 15.9 Å². The average Bonchev–Trinajstić information content (AvgIpc) is 3.21. The van der Waals surface area contributed by atoms with Gasteiger partial charge in [0.05, 0.1) is 11.3 Å². The lowest BCUT2D eigenvalue weighted by molar-refractivity contribution is 0.0977. The summed E-state index contributed by atoms with van der Waals surface area (Å²) in [5.41, 5.74) is 4.70. The summed E-state index contributed by atoms with van der Waals surface area (Å²) < 4.78 is 0.859. The molecule has 0 radical (unpaired) electrons. The second-order valence-electron chi connectivity index (χ2n) is 7.53. The van der Waals surface area contributed by atoms with E-state index in [0.717, 1.165) is 42.3 Å². The molecular formula is C25H18IN5OS. The molecule has 0 unspecified atom stereocenters. The van der Waals surface area contributed by atoms with Crippen LogP contribution in [-0.2, 0) is 0 Å². The lowest BCUT2D eigenvalue weighted by atomic mass is 10.1.